The van der Waals surface area contributed by atoms with Crippen LogP contribution in [0.4, 0.5) is 0 Å². The van der Waals surface area contributed by atoms with Crippen molar-refractivity contribution < 1.29 is 14.6 Å². The van der Waals surface area contributed by atoms with Crippen LogP contribution >= 0.6 is 12.2 Å². The van der Waals surface area contributed by atoms with Gasteiger partial charge in [0.2, 0.25) is 0 Å². The first kappa shape index (κ1) is 22.9. The quantitative estimate of drug-likeness (QED) is 0.408. The third kappa shape index (κ3) is 4.36. The van der Waals surface area contributed by atoms with Crippen LogP contribution in [0.2, 0.25) is 0 Å². The fourth-order valence-electron chi connectivity index (χ4n) is 4.57. The largest absolute Gasteiger partial charge is 0.465 e. The van der Waals surface area contributed by atoms with Crippen LogP contribution < -0.4 is 5.32 Å². The predicted molar refractivity (Wildman–Crippen MR) is 130 cm³/mol. The molecule has 1 aromatic carbocycles. The Morgan fingerprint density at radius 2 is 1.97 bits per heavy atom. The Bertz CT molecular complexity index is 1140. The summed E-state index contributed by atoms with van der Waals surface area (Å²) in [5.74, 6) is -0.355. The second kappa shape index (κ2) is 9.72. The highest BCUT2D eigenvalue weighted by Gasteiger charge is 2.41. The number of carbonyl (C=O) groups excluding carboxylic acids is 1. The maximum Gasteiger partial charge on any atom is 0.337 e. The van der Waals surface area contributed by atoms with E-state index < -0.39 is 0 Å². The van der Waals surface area contributed by atoms with Gasteiger partial charge in [0.1, 0.15) is 0 Å². The van der Waals surface area contributed by atoms with Gasteiger partial charge in [0.05, 0.1) is 30.5 Å². The number of aryl methyl sites for hydroxylation is 1. The van der Waals surface area contributed by atoms with Gasteiger partial charge in [-0.1, -0.05) is 6.07 Å². The average Bonchev–Trinajstić information content (AvgIpc) is 3.32. The van der Waals surface area contributed by atoms with E-state index in [0.717, 1.165) is 28.3 Å². The second-order valence-corrected chi connectivity index (χ2v) is 8.48. The highest BCUT2D eigenvalue weighted by Crippen LogP contribution is 2.41. The molecule has 0 radical (unpaired) electrons. The molecule has 172 valence electrons. The molecule has 1 aliphatic rings. The summed E-state index contributed by atoms with van der Waals surface area (Å²) < 4.78 is 6.99. The Morgan fingerprint density at radius 1 is 1.21 bits per heavy atom. The Hall–Kier alpha value is -3.23. The van der Waals surface area contributed by atoms with E-state index >= 15 is 0 Å². The summed E-state index contributed by atoms with van der Waals surface area (Å²) in [6, 6.07) is 15.3. The van der Waals surface area contributed by atoms with Gasteiger partial charge in [-0.15, -0.1) is 0 Å². The lowest BCUT2D eigenvalue weighted by molar-refractivity contribution is 0.0600. The molecule has 33 heavy (non-hydrogen) atoms. The first-order valence-electron chi connectivity index (χ1n) is 10.9. The van der Waals surface area contributed by atoms with Gasteiger partial charge in [-0.3, -0.25) is 4.98 Å². The van der Waals surface area contributed by atoms with Crippen molar-refractivity contribution in [1.29, 1.82) is 0 Å². The number of aliphatic hydroxyl groups is 1. The van der Waals surface area contributed by atoms with Gasteiger partial charge >= 0.3 is 5.97 Å². The van der Waals surface area contributed by atoms with Crippen LogP contribution in [0.3, 0.4) is 0 Å². The zero-order chi connectivity index (χ0) is 23.5. The number of nitrogens with one attached hydrogen (secondary N) is 1. The van der Waals surface area contributed by atoms with Crippen molar-refractivity contribution in [1.82, 2.24) is 19.8 Å². The molecular formula is C25H28N4O3S. The van der Waals surface area contributed by atoms with E-state index in [-0.39, 0.29) is 24.7 Å². The molecule has 1 aliphatic heterocycles. The molecule has 3 aromatic rings. The summed E-state index contributed by atoms with van der Waals surface area (Å²) in [4.78, 5) is 18.6. The third-order valence-corrected chi connectivity index (χ3v) is 6.44. The van der Waals surface area contributed by atoms with Gasteiger partial charge in [0, 0.05) is 36.4 Å². The molecule has 2 N–H and O–H groups in total. The molecule has 3 heterocycles. The van der Waals surface area contributed by atoms with Crippen LogP contribution in [0, 0.1) is 13.8 Å². The Kier molecular flexibility index (Phi) is 6.76. The molecule has 8 heteroatoms. The SMILES string of the molecule is COC(=O)c1ccc(-n2c(C)cc([C@H]3[C@@H](c4ccccn4)NC(=S)N3CCCO)c2C)cc1. The molecule has 0 spiro atoms. The summed E-state index contributed by atoms with van der Waals surface area (Å²) >= 11 is 5.69. The fraction of sp³-hybridized carbons (Fsp3) is 0.320. The van der Waals surface area contributed by atoms with Crippen molar-refractivity contribution in [2.75, 3.05) is 20.3 Å². The number of carbonyl (C=O) groups is 1. The van der Waals surface area contributed by atoms with E-state index in [1.165, 1.54) is 7.11 Å². The van der Waals surface area contributed by atoms with Crippen molar-refractivity contribution in [3.63, 3.8) is 0 Å². The summed E-state index contributed by atoms with van der Waals surface area (Å²) in [6.07, 6.45) is 2.42. The molecule has 1 fully saturated rings. The number of ether oxygens (including phenoxy) is 1. The van der Waals surface area contributed by atoms with E-state index in [9.17, 15) is 9.90 Å². The number of rotatable bonds is 7. The number of nitrogens with zero attached hydrogens (tertiary/aromatic N) is 3. The number of esters is 1. The minimum Gasteiger partial charge on any atom is -0.465 e. The molecule has 0 aliphatic carbocycles. The normalized spacial score (nSPS) is 17.8. The number of aromatic nitrogens is 2. The number of aliphatic hydroxyl groups excluding tert-OH is 1. The lowest BCUT2D eigenvalue weighted by Crippen LogP contribution is -2.31. The molecule has 2 aromatic heterocycles. The Labute approximate surface area is 199 Å². The van der Waals surface area contributed by atoms with E-state index in [2.05, 4.69) is 39.7 Å². The number of pyridine rings is 1. The molecule has 0 bridgehead atoms. The smallest absolute Gasteiger partial charge is 0.337 e. The summed E-state index contributed by atoms with van der Waals surface area (Å²) in [5, 5.41) is 13.6. The van der Waals surface area contributed by atoms with Gasteiger partial charge in [0.25, 0.3) is 0 Å². The van der Waals surface area contributed by atoms with Gasteiger partial charge in [-0.05, 0) is 80.5 Å². The maximum atomic E-state index is 11.8. The lowest BCUT2D eigenvalue weighted by atomic mass is 9.96. The van der Waals surface area contributed by atoms with Crippen LogP contribution in [0.5, 0.6) is 0 Å². The molecular weight excluding hydrogens is 436 g/mol. The van der Waals surface area contributed by atoms with E-state index in [4.69, 9.17) is 17.0 Å². The van der Waals surface area contributed by atoms with Gasteiger partial charge < -0.3 is 24.6 Å². The van der Waals surface area contributed by atoms with Crippen molar-refractivity contribution in [3.8, 4) is 5.69 Å². The summed E-state index contributed by atoms with van der Waals surface area (Å²) in [7, 11) is 1.38. The summed E-state index contributed by atoms with van der Waals surface area (Å²) in [5.41, 5.74) is 5.71. The fourth-order valence-corrected chi connectivity index (χ4v) is 4.91. The van der Waals surface area contributed by atoms with Crippen molar-refractivity contribution in [2.24, 2.45) is 0 Å². The molecule has 0 saturated carbocycles. The molecule has 2 atom stereocenters. The monoisotopic (exact) mass is 464 g/mol. The molecule has 0 amide bonds. The topological polar surface area (TPSA) is 79.6 Å². The number of benzene rings is 1. The molecule has 1 saturated heterocycles. The summed E-state index contributed by atoms with van der Waals surface area (Å²) in [6.45, 7) is 4.91. The predicted octanol–water partition coefficient (Wildman–Crippen LogP) is 3.63. The Balaban J connectivity index is 1.77. The Morgan fingerprint density at radius 3 is 2.61 bits per heavy atom. The first-order chi connectivity index (χ1) is 16.0. The van der Waals surface area contributed by atoms with Crippen molar-refractivity contribution in [3.05, 3.63) is 82.9 Å². The van der Waals surface area contributed by atoms with E-state index in [0.29, 0.717) is 23.6 Å². The lowest BCUT2D eigenvalue weighted by Gasteiger charge is -2.28. The van der Waals surface area contributed by atoms with Gasteiger partial charge in [0.15, 0.2) is 5.11 Å². The highest BCUT2D eigenvalue weighted by atomic mass is 32.1. The van der Waals surface area contributed by atoms with Crippen LogP contribution in [0.1, 0.15) is 51.5 Å². The molecule has 7 nitrogen and oxygen atoms in total. The molecule has 0 unspecified atom stereocenters. The van der Waals surface area contributed by atoms with Crippen LogP contribution in [-0.4, -0.2) is 50.9 Å². The number of thiocarbonyl (C=S) groups is 1. The van der Waals surface area contributed by atoms with Crippen LogP contribution in [0.15, 0.2) is 54.7 Å². The van der Waals surface area contributed by atoms with Gasteiger partial charge in [-0.2, -0.15) is 0 Å². The van der Waals surface area contributed by atoms with E-state index in [1.54, 1.807) is 18.3 Å². The van der Waals surface area contributed by atoms with Gasteiger partial charge in [-0.25, -0.2) is 4.79 Å². The third-order valence-electron chi connectivity index (χ3n) is 6.09. The van der Waals surface area contributed by atoms with E-state index in [1.807, 2.05) is 30.3 Å². The highest BCUT2D eigenvalue weighted by molar-refractivity contribution is 7.80. The van der Waals surface area contributed by atoms with Crippen LogP contribution in [0.25, 0.3) is 5.69 Å². The number of hydrogen-bond donors (Lipinski definition) is 2. The van der Waals surface area contributed by atoms with Crippen molar-refractivity contribution in [2.45, 2.75) is 32.4 Å². The standard InChI is InChI=1S/C25H28N4O3S/c1-16-15-20(17(2)29(16)19-10-8-18(9-11-19)24(31)32-3)23-22(21-7-4-5-12-26-21)27-25(33)28(23)13-6-14-30/h4-5,7-12,15,22-23,30H,6,13-14H2,1-3H3,(H,27,33)/t22-,23+/m1/s1. The minimum atomic E-state index is -0.355. The zero-order valence-corrected chi connectivity index (χ0v) is 19.8. The maximum absolute atomic E-state index is 11.8. The zero-order valence-electron chi connectivity index (χ0n) is 19.0. The van der Waals surface area contributed by atoms with Crippen molar-refractivity contribution >= 4 is 23.3 Å². The second-order valence-electron chi connectivity index (χ2n) is 8.10. The average molecular weight is 465 g/mol. The minimum absolute atomic E-state index is 0.0618. The number of hydrogen-bond acceptors (Lipinski definition) is 5. The van der Waals surface area contributed by atoms with Crippen LogP contribution in [-0.2, 0) is 4.74 Å². The number of methoxy groups -OCH3 is 1. The molecule has 4 rings (SSSR count). The first-order valence-corrected chi connectivity index (χ1v) is 11.3.